The molecule has 0 aromatic carbocycles. The third kappa shape index (κ3) is 1.92. The molecule has 0 atom stereocenters. The number of unbranched alkanes of at least 4 members (excludes halogenated alkanes) is 1. The molecule has 0 saturated heterocycles. The number of imidazole rings is 1. The van der Waals surface area contributed by atoms with E-state index >= 15 is 0 Å². The van der Waals surface area contributed by atoms with Gasteiger partial charge in [0.1, 0.15) is 11.4 Å². The topological polar surface area (TPSA) is 17.8 Å². The number of nitrogens with zero attached hydrogens (tertiary/aromatic N) is 2. The van der Waals surface area contributed by atoms with E-state index in [1.165, 1.54) is 0 Å². The van der Waals surface area contributed by atoms with Gasteiger partial charge in [0, 0.05) is 6.54 Å². The van der Waals surface area contributed by atoms with Crippen molar-refractivity contribution in [2.24, 2.45) is 0 Å². The molecule has 0 bridgehead atoms. The zero-order valence-electron chi connectivity index (χ0n) is 7.75. The molecule has 0 radical (unpaired) electrons. The van der Waals surface area contributed by atoms with Crippen LogP contribution in [-0.2, 0) is 6.54 Å². The van der Waals surface area contributed by atoms with Crippen molar-refractivity contribution in [3.63, 3.8) is 0 Å². The lowest BCUT2D eigenvalue weighted by Crippen LogP contribution is -1.99. The van der Waals surface area contributed by atoms with Gasteiger partial charge in [-0.25, -0.2) is 4.98 Å². The first-order valence-electron chi connectivity index (χ1n) is 4.31. The molecule has 2 heteroatoms. The van der Waals surface area contributed by atoms with Crippen LogP contribution in [0.3, 0.4) is 0 Å². The number of aryl methyl sites for hydroxylation is 1. The number of hydrogen-bond donors (Lipinski definition) is 0. The van der Waals surface area contributed by atoms with Crippen LogP contribution in [0.1, 0.15) is 31.2 Å². The monoisotopic (exact) mass is 172 g/mol. The summed E-state index contributed by atoms with van der Waals surface area (Å²) in [7, 11) is 0. The third-order valence-corrected chi connectivity index (χ3v) is 1.86. The largest absolute Gasteiger partial charge is 0.323 e. The molecule has 0 unspecified atom stereocenters. The van der Waals surface area contributed by atoms with Gasteiger partial charge in [-0.1, -0.05) is 13.3 Å². The van der Waals surface area contributed by atoms with Crippen LogP contribution in [0, 0.1) is 24.7 Å². The molecule has 0 N–H and O–H groups in total. The molecular weight excluding hydrogens is 160 g/mol. The fourth-order valence-corrected chi connectivity index (χ4v) is 1.14. The highest BCUT2D eigenvalue weighted by Crippen LogP contribution is 2.06. The molecule has 1 aromatic heterocycles. The molecule has 1 aromatic rings. The van der Waals surface area contributed by atoms with Gasteiger partial charge in [0.05, 0.1) is 6.33 Å². The highest BCUT2D eigenvalue weighted by molar-refractivity contribution is 5.40. The molecular formula is C11H12N2. The lowest BCUT2D eigenvalue weighted by molar-refractivity contribution is 0.627. The van der Waals surface area contributed by atoms with Crippen LogP contribution in [0.25, 0.3) is 0 Å². The number of hydrogen-bond acceptors (Lipinski definition) is 1. The average Bonchev–Trinajstić information content (AvgIpc) is 2.56. The second kappa shape index (κ2) is 4.38. The minimum atomic E-state index is 0.568. The lowest BCUT2D eigenvalue weighted by Gasteiger charge is -2.01. The molecule has 13 heavy (non-hydrogen) atoms. The molecule has 0 aliphatic heterocycles. The van der Waals surface area contributed by atoms with Crippen molar-refractivity contribution in [3.8, 4) is 24.7 Å². The first kappa shape index (κ1) is 9.42. The summed E-state index contributed by atoms with van der Waals surface area (Å²) in [5, 5.41) is 0. The van der Waals surface area contributed by atoms with Crippen molar-refractivity contribution in [2.45, 2.75) is 26.3 Å². The Morgan fingerprint density at radius 1 is 1.46 bits per heavy atom. The maximum absolute atomic E-state index is 5.34. The Labute approximate surface area is 79.0 Å². The fraction of sp³-hybridized carbons (Fsp3) is 0.364. The maximum atomic E-state index is 5.34. The summed E-state index contributed by atoms with van der Waals surface area (Å²) < 4.78 is 1.93. The van der Waals surface area contributed by atoms with Crippen LogP contribution in [0.15, 0.2) is 6.33 Å². The van der Waals surface area contributed by atoms with Crippen molar-refractivity contribution in [1.82, 2.24) is 9.55 Å². The smallest absolute Gasteiger partial charge is 0.147 e. The normalized spacial score (nSPS) is 9.15. The van der Waals surface area contributed by atoms with Crippen LogP contribution >= 0.6 is 0 Å². The van der Waals surface area contributed by atoms with Crippen LogP contribution in [0.5, 0.6) is 0 Å². The quantitative estimate of drug-likeness (QED) is 0.634. The highest BCUT2D eigenvalue weighted by atomic mass is 15.0. The van der Waals surface area contributed by atoms with Gasteiger partial charge in [-0.2, -0.15) is 0 Å². The molecule has 0 amide bonds. The molecule has 1 rings (SSSR count). The number of terminal acetylenes is 2. The predicted octanol–water partition coefficient (Wildman–Crippen LogP) is 1.65. The van der Waals surface area contributed by atoms with E-state index in [4.69, 9.17) is 12.8 Å². The van der Waals surface area contributed by atoms with E-state index in [0.29, 0.717) is 5.69 Å². The Kier molecular flexibility index (Phi) is 3.17. The SMILES string of the molecule is C#Cc1ncn(CCCC)c1C#C. The Morgan fingerprint density at radius 3 is 2.77 bits per heavy atom. The first-order valence-corrected chi connectivity index (χ1v) is 4.31. The maximum Gasteiger partial charge on any atom is 0.147 e. The van der Waals surface area contributed by atoms with Gasteiger partial charge in [0.15, 0.2) is 0 Å². The molecule has 2 nitrogen and oxygen atoms in total. The number of aromatic nitrogens is 2. The van der Waals surface area contributed by atoms with E-state index in [9.17, 15) is 0 Å². The molecule has 0 aliphatic rings. The van der Waals surface area contributed by atoms with Gasteiger partial charge in [0.2, 0.25) is 0 Å². The summed E-state index contributed by atoms with van der Waals surface area (Å²) in [6.45, 7) is 3.03. The predicted molar refractivity (Wildman–Crippen MR) is 53.0 cm³/mol. The first-order chi connectivity index (χ1) is 6.33. The Balaban J connectivity index is 2.91. The Hall–Kier alpha value is -1.67. The van der Waals surface area contributed by atoms with Crippen molar-refractivity contribution in [1.29, 1.82) is 0 Å². The van der Waals surface area contributed by atoms with Gasteiger partial charge in [-0.3, -0.25) is 0 Å². The molecule has 66 valence electrons. The summed E-state index contributed by atoms with van der Waals surface area (Å²) in [5.41, 5.74) is 1.29. The van der Waals surface area contributed by atoms with Crippen molar-refractivity contribution in [2.75, 3.05) is 0 Å². The van der Waals surface area contributed by atoms with Crippen LogP contribution in [0.2, 0.25) is 0 Å². The highest BCUT2D eigenvalue weighted by Gasteiger charge is 2.04. The van der Waals surface area contributed by atoms with Crippen molar-refractivity contribution in [3.05, 3.63) is 17.7 Å². The van der Waals surface area contributed by atoms with E-state index in [1.54, 1.807) is 6.33 Å². The molecule has 0 aliphatic carbocycles. The van der Waals surface area contributed by atoms with Gasteiger partial charge >= 0.3 is 0 Å². The minimum Gasteiger partial charge on any atom is -0.323 e. The van der Waals surface area contributed by atoms with Crippen LogP contribution in [-0.4, -0.2) is 9.55 Å². The minimum absolute atomic E-state index is 0.568. The van der Waals surface area contributed by atoms with Crippen molar-refractivity contribution >= 4 is 0 Å². The molecule has 1 heterocycles. The lowest BCUT2D eigenvalue weighted by atomic mass is 10.3. The summed E-state index contributed by atoms with van der Waals surface area (Å²) in [6, 6.07) is 0. The van der Waals surface area contributed by atoms with Gasteiger partial charge < -0.3 is 4.57 Å². The van der Waals surface area contributed by atoms with E-state index in [-0.39, 0.29) is 0 Å². The summed E-state index contributed by atoms with van der Waals surface area (Å²) >= 11 is 0. The van der Waals surface area contributed by atoms with Crippen molar-refractivity contribution < 1.29 is 0 Å². The van der Waals surface area contributed by atoms with E-state index < -0.39 is 0 Å². The fourth-order valence-electron chi connectivity index (χ4n) is 1.14. The zero-order valence-corrected chi connectivity index (χ0v) is 7.75. The third-order valence-electron chi connectivity index (χ3n) is 1.86. The second-order valence-corrected chi connectivity index (χ2v) is 2.78. The Morgan fingerprint density at radius 2 is 2.23 bits per heavy atom. The van der Waals surface area contributed by atoms with E-state index in [2.05, 4.69) is 23.7 Å². The second-order valence-electron chi connectivity index (χ2n) is 2.78. The molecule has 0 saturated carbocycles. The Bertz CT molecular complexity index is 360. The summed E-state index contributed by atoms with van der Waals surface area (Å²) in [5.74, 6) is 5.03. The van der Waals surface area contributed by atoms with E-state index in [1.807, 2.05) is 4.57 Å². The zero-order chi connectivity index (χ0) is 9.68. The van der Waals surface area contributed by atoms with Crippen LogP contribution in [0.4, 0.5) is 0 Å². The van der Waals surface area contributed by atoms with Gasteiger partial charge in [0.25, 0.3) is 0 Å². The van der Waals surface area contributed by atoms with Crippen LogP contribution < -0.4 is 0 Å². The summed E-state index contributed by atoms with van der Waals surface area (Å²) in [6.07, 6.45) is 14.5. The molecule has 0 spiro atoms. The molecule has 0 fully saturated rings. The number of rotatable bonds is 3. The van der Waals surface area contributed by atoms with Gasteiger partial charge in [-0.15, -0.1) is 12.8 Å². The van der Waals surface area contributed by atoms with E-state index in [0.717, 1.165) is 25.1 Å². The average molecular weight is 172 g/mol. The standard InChI is InChI=1S/C11H12N2/c1-4-7-8-13-9-12-10(5-2)11(13)6-3/h2-3,9H,4,7-8H2,1H3. The van der Waals surface area contributed by atoms with Gasteiger partial charge in [-0.05, 0) is 18.3 Å². The summed E-state index contributed by atoms with van der Waals surface area (Å²) in [4.78, 5) is 4.04.